The molecule has 0 N–H and O–H groups in total. The monoisotopic (exact) mass is 136 g/mol. The molecule has 0 aromatic heterocycles. The van der Waals surface area contributed by atoms with E-state index in [-0.39, 0.29) is 5.78 Å². The van der Waals surface area contributed by atoms with E-state index in [0.717, 1.165) is 5.75 Å². The number of rotatable bonds is 4. The highest BCUT2D eigenvalue weighted by Gasteiger charge is 1.96. The van der Waals surface area contributed by atoms with Crippen LogP contribution in [0.1, 0.15) is 6.42 Å². The minimum Gasteiger partial charge on any atom is -0.297 e. The maximum Gasteiger partial charge on any atom is 0.164 e. The lowest BCUT2D eigenvalue weighted by Gasteiger charge is -1.89. The van der Waals surface area contributed by atoms with Crippen LogP contribution < -0.4 is 0 Å². The number of Topliss-reactive ketones (excluding diaryl/α,β-unsaturated/α-hetero) is 1. The molecule has 0 aliphatic rings. The molecule has 0 aromatic rings. The molecule has 0 bridgehead atoms. The van der Waals surface area contributed by atoms with E-state index in [1.54, 1.807) is 11.8 Å². The van der Waals surface area contributed by atoms with Crippen molar-refractivity contribution in [3.8, 4) is 0 Å². The summed E-state index contributed by atoms with van der Waals surface area (Å²) >= 11 is 1.56. The molecule has 0 aliphatic carbocycles. The summed E-state index contributed by atoms with van der Waals surface area (Å²) in [5.74, 6) is 0.447. The average Bonchev–Trinajstić information content (AvgIpc) is 1.83. The maximum absolute atomic E-state index is 11.4. The molecule has 0 saturated carbocycles. The van der Waals surface area contributed by atoms with Gasteiger partial charge >= 0.3 is 0 Å². The van der Waals surface area contributed by atoms with Crippen molar-refractivity contribution in [1.82, 2.24) is 0 Å². The Morgan fingerprint density at radius 3 is 2.75 bits per heavy atom. The van der Waals surface area contributed by atoms with Gasteiger partial charge in [-0.25, -0.2) is 4.39 Å². The molecule has 0 heterocycles. The molecule has 0 fully saturated rings. The van der Waals surface area contributed by atoms with Crippen LogP contribution in [0.2, 0.25) is 0 Å². The molecule has 0 unspecified atom stereocenters. The quantitative estimate of drug-likeness (QED) is 0.579. The Balaban J connectivity index is 2.99. The largest absolute Gasteiger partial charge is 0.297 e. The van der Waals surface area contributed by atoms with Gasteiger partial charge in [-0.15, -0.1) is 0 Å². The van der Waals surface area contributed by atoms with Gasteiger partial charge in [0.15, 0.2) is 5.78 Å². The van der Waals surface area contributed by atoms with Crippen molar-refractivity contribution in [3.63, 3.8) is 0 Å². The zero-order valence-corrected chi connectivity index (χ0v) is 5.63. The van der Waals surface area contributed by atoms with Gasteiger partial charge in [-0.1, -0.05) is 0 Å². The fourth-order valence-corrected chi connectivity index (χ4v) is 0.715. The van der Waals surface area contributed by atoms with Gasteiger partial charge in [-0.2, -0.15) is 11.8 Å². The normalized spacial score (nSPS) is 9.25. The zero-order chi connectivity index (χ0) is 6.41. The van der Waals surface area contributed by atoms with Crippen LogP contribution in [0.15, 0.2) is 0 Å². The topological polar surface area (TPSA) is 17.1 Å². The van der Waals surface area contributed by atoms with E-state index in [9.17, 15) is 9.18 Å². The fourth-order valence-electron chi connectivity index (χ4n) is 0.283. The molecule has 0 aromatic carbocycles. The highest BCUT2D eigenvalue weighted by Crippen LogP contribution is 1.95. The number of hydrogen-bond acceptors (Lipinski definition) is 2. The molecule has 0 amide bonds. The van der Waals surface area contributed by atoms with Gasteiger partial charge in [-0.3, -0.25) is 4.79 Å². The molecule has 0 aliphatic heterocycles. The molecule has 0 saturated heterocycles. The SMILES string of the molecule is CSCCC(=O)CF. The van der Waals surface area contributed by atoms with Crippen molar-refractivity contribution in [2.45, 2.75) is 6.42 Å². The van der Waals surface area contributed by atoms with Crippen LogP contribution in [0.3, 0.4) is 0 Å². The van der Waals surface area contributed by atoms with Crippen molar-refractivity contribution in [2.24, 2.45) is 0 Å². The molecule has 8 heavy (non-hydrogen) atoms. The Bertz CT molecular complexity index is 74.8. The molecular formula is C5H9FOS. The molecule has 0 rings (SSSR count). The van der Waals surface area contributed by atoms with Gasteiger partial charge in [0, 0.05) is 6.42 Å². The van der Waals surface area contributed by atoms with Gasteiger partial charge < -0.3 is 0 Å². The van der Waals surface area contributed by atoms with Gasteiger partial charge in [0.2, 0.25) is 0 Å². The van der Waals surface area contributed by atoms with Crippen molar-refractivity contribution in [3.05, 3.63) is 0 Å². The molecular weight excluding hydrogens is 127 g/mol. The summed E-state index contributed by atoms with van der Waals surface area (Å²) in [6.07, 6.45) is 2.27. The Hall–Kier alpha value is -0.0500. The van der Waals surface area contributed by atoms with Crippen molar-refractivity contribution >= 4 is 17.5 Å². The van der Waals surface area contributed by atoms with E-state index in [2.05, 4.69) is 0 Å². The number of hydrogen-bond donors (Lipinski definition) is 0. The van der Waals surface area contributed by atoms with Crippen molar-refractivity contribution in [2.75, 3.05) is 18.7 Å². The lowest BCUT2D eigenvalue weighted by Crippen LogP contribution is -2.00. The van der Waals surface area contributed by atoms with Crippen molar-refractivity contribution < 1.29 is 9.18 Å². The Kier molecular flexibility index (Phi) is 5.06. The summed E-state index contributed by atoms with van der Waals surface area (Å²) in [5, 5.41) is 0. The van der Waals surface area contributed by atoms with Crippen LogP contribution in [0, 0.1) is 0 Å². The number of halogens is 1. The summed E-state index contributed by atoms with van der Waals surface area (Å²) in [6, 6.07) is 0. The second-order valence-corrected chi connectivity index (χ2v) is 2.40. The first kappa shape index (κ1) is 7.95. The Morgan fingerprint density at radius 1 is 1.75 bits per heavy atom. The first-order valence-corrected chi connectivity index (χ1v) is 3.77. The molecule has 0 atom stereocenters. The zero-order valence-electron chi connectivity index (χ0n) is 4.82. The lowest BCUT2D eigenvalue weighted by molar-refractivity contribution is -0.119. The van der Waals surface area contributed by atoms with E-state index < -0.39 is 6.67 Å². The fraction of sp³-hybridized carbons (Fsp3) is 0.800. The average molecular weight is 136 g/mol. The summed E-state index contributed by atoms with van der Waals surface area (Å²) in [5.41, 5.74) is 0. The molecule has 48 valence electrons. The van der Waals surface area contributed by atoms with Gasteiger partial charge in [0.1, 0.15) is 6.67 Å². The Morgan fingerprint density at radius 2 is 2.38 bits per heavy atom. The minimum atomic E-state index is -0.805. The van der Waals surface area contributed by atoms with Crippen LogP contribution in [0.25, 0.3) is 0 Å². The maximum atomic E-state index is 11.4. The summed E-state index contributed by atoms with van der Waals surface area (Å²) in [7, 11) is 0. The third-order valence-corrected chi connectivity index (χ3v) is 1.35. The number of carbonyl (C=O) groups is 1. The predicted molar refractivity (Wildman–Crippen MR) is 34.0 cm³/mol. The third kappa shape index (κ3) is 4.12. The van der Waals surface area contributed by atoms with Gasteiger partial charge in [0.25, 0.3) is 0 Å². The molecule has 1 nitrogen and oxygen atoms in total. The second kappa shape index (κ2) is 5.09. The minimum absolute atomic E-state index is 0.292. The first-order valence-electron chi connectivity index (χ1n) is 2.38. The number of carbonyl (C=O) groups excluding carboxylic acids is 1. The summed E-state index contributed by atoms with van der Waals surface area (Å²) in [4.78, 5) is 10.2. The molecule has 0 spiro atoms. The number of thioether (sulfide) groups is 1. The highest BCUT2D eigenvalue weighted by atomic mass is 32.2. The highest BCUT2D eigenvalue weighted by molar-refractivity contribution is 7.98. The van der Waals surface area contributed by atoms with Crippen LogP contribution >= 0.6 is 11.8 Å². The van der Waals surface area contributed by atoms with Crippen molar-refractivity contribution in [1.29, 1.82) is 0 Å². The number of alkyl halides is 1. The van der Waals surface area contributed by atoms with Crippen LogP contribution in [-0.4, -0.2) is 24.5 Å². The standard InChI is InChI=1S/C5H9FOS/c1-8-3-2-5(7)4-6/h2-4H2,1H3. The molecule has 3 heteroatoms. The van der Waals surface area contributed by atoms with Gasteiger partial charge in [0.05, 0.1) is 0 Å². The van der Waals surface area contributed by atoms with E-state index in [4.69, 9.17) is 0 Å². The Labute approximate surface area is 52.6 Å². The van der Waals surface area contributed by atoms with E-state index >= 15 is 0 Å². The summed E-state index contributed by atoms with van der Waals surface area (Å²) < 4.78 is 11.4. The van der Waals surface area contributed by atoms with E-state index in [1.807, 2.05) is 6.26 Å². The van der Waals surface area contributed by atoms with E-state index in [0.29, 0.717) is 6.42 Å². The van der Waals surface area contributed by atoms with E-state index in [1.165, 1.54) is 0 Å². The second-order valence-electron chi connectivity index (χ2n) is 1.42. The lowest BCUT2D eigenvalue weighted by atomic mass is 10.3. The third-order valence-electron chi connectivity index (χ3n) is 0.734. The predicted octanol–water partition coefficient (Wildman–Crippen LogP) is 1.28. The van der Waals surface area contributed by atoms with Crippen LogP contribution in [0.4, 0.5) is 4.39 Å². The summed E-state index contributed by atoms with van der Waals surface area (Å²) in [6.45, 7) is -0.805. The van der Waals surface area contributed by atoms with Gasteiger partial charge in [-0.05, 0) is 12.0 Å². The van der Waals surface area contributed by atoms with Crippen LogP contribution in [0.5, 0.6) is 0 Å². The smallest absolute Gasteiger partial charge is 0.164 e. The first-order chi connectivity index (χ1) is 3.81. The molecule has 0 radical (unpaired) electrons. The number of ketones is 1. The van der Waals surface area contributed by atoms with Crippen LogP contribution in [-0.2, 0) is 4.79 Å².